The van der Waals surface area contributed by atoms with Crippen LogP contribution in [0.2, 0.25) is 0 Å². The molecule has 1 rings (SSSR count). The van der Waals surface area contributed by atoms with Gasteiger partial charge >= 0.3 is 0 Å². The number of hydrogen-bond donors (Lipinski definition) is 1. The standard InChI is InChI=1S/C17H27FN2O/c1-12(2)7-9-20(10-8-13(3)4)17(21)15-11-14(19)5-6-16(15)18/h5-6,11-13H,7-10,19H2,1-4H3. The molecule has 0 aliphatic carbocycles. The van der Waals surface area contributed by atoms with Gasteiger partial charge in [0.05, 0.1) is 5.56 Å². The van der Waals surface area contributed by atoms with Crippen molar-refractivity contribution in [1.82, 2.24) is 4.90 Å². The van der Waals surface area contributed by atoms with Crippen LogP contribution in [0.3, 0.4) is 0 Å². The lowest BCUT2D eigenvalue weighted by Crippen LogP contribution is -2.34. The number of amides is 1. The maximum Gasteiger partial charge on any atom is 0.256 e. The molecule has 1 amide bonds. The van der Waals surface area contributed by atoms with E-state index < -0.39 is 5.82 Å². The van der Waals surface area contributed by atoms with Gasteiger partial charge in [0.2, 0.25) is 0 Å². The molecule has 0 spiro atoms. The molecule has 118 valence electrons. The van der Waals surface area contributed by atoms with E-state index in [1.54, 1.807) is 4.90 Å². The topological polar surface area (TPSA) is 46.3 Å². The minimum absolute atomic E-state index is 0.0718. The Hall–Kier alpha value is -1.58. The van der Waals surface area contributed by atoms with Gasteiger partial charge in [-0.25, -0.2) is 4.39 Å². The number of carbonyl (C=O) groups excluding carboxylic acids is 1. The second-order valence-electron chi connectivity index (χ2n) is 6.40. The molecular formula is C17H27FN2O. The Bertz CT molecular complexity index is 460. The second-order valence-corrected chi connectivity index (χ2v) is 6.40. The first-order valence-corrected chi connectivity index (χ1v) is 7.65. The molecule has 0 saturated carbocycles. The van der Waals surface area contributed by atoms with Gasteiger partial charge in [-0.05, 0) is 42.9 Å². The van der Waals surface area contributed by atoms with Crippen molar-refractivity contribution >= 4 is 11.6 Å². The fraction of sp³-hybridized carbons (Fsp3) is 0.588. The number of rotatable bonds is 7. The Morgan fingerprint density at radius 1 is 1.14 bits per heavy atom. The Balaban J connectivity index is 2.89. The van der Waals surface area contributed by atoms with Crippen molar-refractivity contribution < 1.29 is 9.18 Å². The molecule has 0 bridgehead atoms. The fourth-order valence-corrected chi connectivity index (χ4v) is 2.02. The average Bonchev–Trinajstić information content (AvgIpc) is 2.40. The lowest BCUT2D eigenvalue weighted by atomic mass is 10.1. The minimum atomic E-state index is -0.506. The number of anilines is 1. The molecule has 2 N–H and O–H groups in total. The van der Waals surface area contributed by atoms with Gasteiger partial charge in [0.1, 0.15) is 5.82 Å². The van der Waals surface area contributed by atoms with Crippen LogP contribution in [0, 0.1) is 17.7 Å². The summed E-state index contributed by atoms with van der Waals surface area (Å²) in [6, 6.07) is 4.15. The third-order valence-corrected chi connectivity index (χ3v) is 3.46. The molecule has 0 radical (unpaired) electrons. The molecule has 0 heterocycles. The van der Waals surface area contributed by atoms with E-state index >= 15 is 0 Å². The molecular weight excluding hydrogens is 267 g/mol. The zero-order chi connectivity index (χ0) is 16.0. The normalized spacial score (nSPS) is 11.2. The molecule has 0 atom stereocenters. The van der Waals surface area contributed by atoms with Gasteiger partial charge in [-0.15, -0.1) is 0 Å². The fourth-order valence-electron chi connectivity index (χ4n) is 2.02. The van der Waals surface area contributed by atoms with Crippen molar-refractivity contribution in [2.45, 2.75) is 40.5 Å². The lowest BCUT2D eigenvalue weighted by Gasteiger charge is -2.25. The Labute approximate surface area is 127 Å². The molecule has 21 heavy (non-hydrogen) atoms. The minimum Gasteiger partial charge on any atom is -0.399 e. The molecule has 3 nitrogen and oxygen atoms in total. The molecule has 0 aromatic heterocycles. The van der Waals surface area contributed by atoms with Gasteiger partial charge in [0, 0.05) is 18.8 Å². The van der Waals surface area contributed by atoms with Crippen molar-refractivity contribution in [2.24, 2.45) is 11.8 Å². The first-order chi connectivity index (χ1) is 9.81. The highest BCUT2D eigenvalue weighted by molar-refractivity contribution is 5.95. The molecule has 1 aromatic carbocycles. The molecule has 0 aliphatic rings. The summed E-state index contributed by atoms with van der Waals surface area (Å²) in [5, 5.41) is 0. The van der Waals surface area contributed by atoms with E-state index in [1.165, 1.54) is 18.2 Å². The number of benzene rings is 1. The maximum absolute atomic E-state index is 13.9. The number of hydrogen-bond acceptors (Lipinski definition) is 2. The van der Waals surface area contributed by atoms with E-state index in [-0.39, 0.29) is 11.5 Å². The van der Waals surface area contributed by atoms with Crippen LogP contribution in [0.25, 0.3) is 0 Å². The van der Waals surface area contributed by atoms with Crippen LogP contribution in [-0.4, -0.2) is 23.9 Å². The molecule has 0 fully saturated rings. The van der Waals surface area contributed by atoms with E-state index in [1.807, 2.05) is 0 Å². The van der Waals surface area contributed by atoms with Crippen LogP contribution in [0.15, 0.2) is 18.2 Å². The van der Waals surface area contributed by atoms with Gasteiger partial charge < -0.3 is 10.6 Å². The summed E-state index contributed by atoms with van der Waals surface area (Å²) in [6.45, 7) is 9.77. The van der Waals surface area contributed by atoms with Crippen molar-refractivity contribution in [3.8, 4) is 0 Å². The number of nitrogens with zero attached hydrogens (tertiary/aromatic N) is 1. The highest BCUT2D eigenvalue weighted by Crippen LogP contribution is 2.16. The predicted octanol–water partition coefficient (Wildman–Crippen LogP) is 3.94. The van der Waals surface area contributed by atoms with E-state index in [0.29, 0.717) is 30.6 Å². The van der Waals surface area contributed by atoms with Gasteiger partial charge in [0.15, 0.2) is 0 Å². The van der Waals surface area contributed by atoms with Crippen LogP contribution in [0.5, 0.6) is 0 Å². The van der Waals surface area contributed by atoms with Crippen molar-refractivity contribution in [1.29, 1.82) is 0 Å². The monoisotopic (exact) mass is 294 g/mol. The highest BCUT2D eigenvalue weighted by atomic mass is 19.1. The summed E-state index contributed by atoms with van der Waals surface area (Å²) < 4.78 is 13.9. The quantitative estimate of drug-likeness (QED) is 0.774. The van der Waals surface area contributed by atoms with Crippen LogP contribution < -0.4 is 5.73 Å². The second kappa shape index (κ2) is 8.01. The maximum atomic E-state index is 13.9. The van der Waals surface area contributed by atoms with Crippen LogP contribution in [-0.2, 0) is 0 Å². The lowest BCUT2D eigenvalue weighted by molar-refractivity contribution is 0.0736. The summed E-state index contributed by atoms with van der Waals surface area (Å²) in [5.41, 5.74) is 6.15. The zero-order valence-corrected chi connectivity index (χ0v) is 13.5. The Kier molecular flexibility index (Phi) is 6.66. The molecule has 0 aliphatic heterocycles. The third-order valence-electron chi connectivity index (χ3n) is 3.46. The van der Waals surface area contributed by atoms with Crippen molar-refractivity contribution in [2.75, 3.05) is 18.8 Å². The first kappa shape index (κ1) is 17.5. The van der Waals surface area contributed by atoms with Crippen molar-refractivity contribution in [3.63, 3.8) is 0 Å². The van der Waals surface area contributed by atoms with Gasteiger partial charge in [0.25, 0.3) is 5.91 Å². The van der Waals surface area contributed by atoms with Crippen molar-refractivity contribution in [3.05, 3.63) is 29.6 Å². The molecule has 0 saturated heterocycles. The summed E-state index contributed by atoms with van der Waals surface area (Å²) in [4.78, 5) is 14.3. The summed E-state index contributed by atoms with van der Waals surface area (Å²) in [6.07, 6.45) is 1.82. The Morgan fingerprint density at radius 2 is 1.67 bits per heavy atom. The van der Waals surface area contributed by atoms with E-state index in [4.69, 9.17) is 5.73 Å². The number of carbonyl (C=O) groups is 1. The number of nitrogen functional groups attached to an aromatic ring is 1. The first-order valence-electron chi connectivity index (χ1n) is 7.65. The predicted molar refractivity (Wildman–Crippen MR) is 85.6 cm³/mol. The van der Waals surface area contributed by atoms with Gasteiger partial charge in [-0.2, -0.15) is 0 Å². The van der Waals surface area contributed by atoms with E-state index in [9.17, 15) is 9.18 Å². The van der Waals surface area contributed by atoms with Crippen LogP contribution in [0.1, 0.15) is 50.9 Å². The molecule has 4 heteroatoms. The summed E-state index contributed by atoms with van der Waals surface area (Å²) >= 11 is 0. The van der Waals surface area contributed by atoms with Gasteiger partial charge in [-0.1, -0.05) is 27.7 Å². The van der Waals surface area contributed by atoms with Crippen LogP contribution in [0.4, 0.5) is 10.1 Å². The third kappa shape index (κ3) is 5.74. The Morgan fingerprint density at radius 3 is 2.14 bits per heavy atom. The summed E-state index contributed by atoms with van der Waals surface area (Å²) in [5.74, 6) is 0.240. The zero-order valence-electron chi connectivity index (χ0n) is 13.5. The van der Waals surface area contributed by atoms with E-state index in [0.717, 1.165) is 12.8 Å². The largest absolute Gasteiger partial charge is 0.399 e. The van der Waals surface area contributed by atoms with E-state index in [2.05, 4.69) is 27.7 Å². The average molecular weight is 294 g/mol. The molecule has 0 unspecified atom stereocenters. The summed E-state index contributed by atoms with van der Waals surface area (Å²) in [7, 11) is 0. The van der Waals surface area contributed by atoms with Gasteiger partial charge in [-0.3, -0.25) is 4.79 Å². The van der Waals surface area contributed by atoms with Crippen LogP contribution >= 0.6 is 0 Å². The highest BCUT2D eigenvalue weighted by Gasteiger charge is 2.20. The SMILES string of the molecule is CC(C)CCN(CCC(C)C)C(=O)c1cc(N)ccc1F. The molecule has 1 aromatic rings. The number of halogens is 1. The smallest absolute Gasteiger partial charge is 0.256 e. The number of nitrogens with two attached hydrogens (primary N) is 1.